The van der Waals surface area contributed by atoms with E-state index in [2.05, 4.69) is 17.6 Å². The van der Waals surface area contributed by atoms with Gasteiger partial charge in [-0.1, -0.05) is 25.5 Å². The van der Waals surface area contributed by atoms with Crippen LogP contribution in [0.2, 0.25) is 0 Å². The van der Waals surface area contributed by atoms with Crippen molar-refractivity contribution in [3.63, 3.8) is 0 Å². The summed E-state index contributed by atoms with van der Waals surface area (Å²) in [5.41, 5.74) is 0.0458. The van der Waals surface area contributed by atoms with Gasteiger partial charge in [0.2, 0.25) is 11.8 Å². The minimum absolute atomic E-state index is 0.229. The molecule has 2 N–H and O–H groups in total. The normalized spacial score (nSPS) is 11.0. The second kappa shape index (κ2) is 9.18. The van der Waals surface area contributed by atoms with Gasteiger partial charge < -0.3 is 15.4 Å². The van der Waals surface area contributed by atoms with Gasteiger partial charge in [-0.15, -0.1) is 0 Å². The van der Waals surface area contributed by atoms with Crippen molar-refractivity contribution in [2.75, 3.05) is 20.2 Å². The number of ether oxygens (including phenoxy) is 1. The molecule has 0 radical (unpaired) electrons. The Morgan fingerprint density at radius 2 is 1.61 bits per heavy atom. The lowest BCUT2D eigenvalue weighted by molar-refractivity contribution is -0.141. The smallest absolute Gasteiger partial charge is 0.235 e. The Bertz CT molecular complexity index is 510. The zero-order chi connectivity index (χ0) is 17.3. The van der Waals surface area contributed by atoms with Crippen molar-refractivity contribution in [1.29, 1.82) is 0 Å². The first-order valence-corrected chi connectivity index (χ1v) is 8.11. The predicted molar refractivity (Wildman–Crippen MR) is 91.4 cm³/mol. The zero-order valence-electron chi connectivity index (χ0n) is 14.6. The average Bonchev–Trinajstić information content (AvgIpc) is 2.55. The van der Waals surface area contributed by atoms with Crippen LogP contribution < -0.4 is 15.4 Å². The summed E-state index contributed by atoms with van der Waals surface area (Å²) in [7, 11) is 1.63. The summed E-state index contributed by atoms with van der Waals surface area (Å²) < 4.78 is 5.11. The van der Waals surface area contributed by atoms with Crippen LogP contribution in [-0.4, -0.2) is 32.0 Å². The van der Waals surface area contributed by atoms with Crippen LogP contribution in [0.5, 0.6) is 5.75 Å². The Morgan fingerprint density at radius 3 is 2.13 bits per heavy atom. The molecule has 0 aliphatic heterocycles. The lowest BCUT2D eigenvalue weighted by Gasteiger charge is -2.22. The van der Waals surface area contributed by atoms with Gasteiger partial charge in [0, 0.05) is 13.1 Å². The Labute approximate surface area is 138 Å². The second-order valence-corrected chi connectivity index (χ2v) is 6.09. The SMILES string of the molecule is CCCCNC(=O)C(C)(C)C(=O)NCCc1ccc(OC)cc1. The molecule has 23 heavy (non-hydrogen) atoms. The van der Waals surface area contributed by atoms with Gasteiger partial charge in [-0.25, -0.2) is 0 Å². The molecular weight excluding hydrogens is 292 g/mol. The molecular formula is C18H28N2O3. The Kier molecular flexibility index (Phi) is 7.59. The van der Waals surface area contributed by atoms with E-state index in [1.807, 2.05) is 24.3 Å². The molecule has 5 heteroatoms. The first-order valence-electron chi connectivity index (χ1n) is 8.11. The molecule has 0 unspecified atom stereocenters. The van der Waals surface area contributed by atoms with Gasteiger partial charge in [-0.2, -0.15) is 0 Å². The monoisotopic (exact) mass is 320 g/mol. The van der Waals surface area contributed by atoms with E-state index in [-0.39, 0.29) is 11.8 Å². The maximum absolute atomic E-state index is 12.2. The first-order chi connectivity index (χ1) is 10.9. The quantitative estimate of drug-likeness (QED) is 0.542. The summed E-state index contributed by atoms with van der Waals surface area (Å²) >= 11 is 0. The van der Waals surface area contributed by atoms with Gasteiger partial charge in [0.15, 0.2) is 0 Å². The van der Waals surface area contributed by atoms with Crippen molar-refractivity contribution in [2.45, 2.75) is 40.0 Å². The van der Waals surface area contributed by atoms with Crippen molar-refractivity contribution < 1.29 is 14.3 Å². The van der Waals surface area contributed by atoms with Gasteiger partial charge in [0.1, 0.15) is 11.2 Å². The Hall–Kier alpha value is -2.04. The van der Waals surface area contributed by atoms with Crippen LogP contribution in [-0.2, 0) is 16.0 Å². The lowest BCUT2D eigenvalue weighted by Crippen LogP contribution is -2.48. The van der Waals surface area contributed by atoms with Gasteiger partial charge in [-0.05, 0) is 44.4 Å². The Morgan fingerprint density at radius 1 is 1.04 bits per heavy atom. The Balaban J connectivity index is 2.42. The largest absolute Gasteiger partial charge is 0.497 e. The highest BCUT2D eigenvalue weighted by Crippen LogP contribution is 2.16. The molecule has 1 aromatic carbocycles. The van der Waals surface area contributed by atoms with Crippen molar-refractivity contribution >= 4 is 11.8 Å². The number of hydrogen-bond donors (Lipinski definition) is 2. The number of hydrogen-bond acceptors (Lipinski definition) is 3. The number of carbonyl (C=O) groups excluding carboxylic acids is 2. The number of rotatable bonds is 9. The number of amides is 2. The molecule has 0 bridgehead atoms. The summed E-state index contributed by atoms with van der Waals surface area (Å²) in [6, 6.07) is 7.71. The van der Waals surface area contributed by atoms with Crippen molar-refractivity contribution in [3.05, 3.63) is 29.8 Å². The second-order valence-electron chi connectivity index (χ2n) is 6.09. The van der Waals surface area contributed by atoms with E-state index in [0.29, 0.717) is 19.5 Å². The van der Waals surface area contributed by atoms with Gasteiger partial charge in [-0.3, -0.25) is 9.59 Å². The van der Waals surface area contributed by atoms with E-state index in [1.165, 1.54) is 0 Å². The number of methoxy groups -OCH3 is 1. The van der Waals surface area contributed by atoms with Crippen LogP contribution in [0.3, 0.4) is 0 Å². The molecule has 0 saturated carbocycles. The van der Waals surface area contributed by atoms with Gasteiger partial charge >= 0.3 is 0 Å². The number of carbonyl (C=O) groups is 2. The molecule has 2 amide bonds. The summed E-state index contributed by atoms with van der Waals surface area (Å²) in [4.78, 5) is 24.3. The minimum atomic E-state index is -1.06. The molecule has 0 saturated heterocycles. The molecule has 128 valence electrons. The molecule has 0 heterocycles. The predicted octanol–water partition coefficient (Wildman–Crippen LogP) is 2.30. The highest BCUT2D eigenvalue weighted by molar-refractivity contribution is 6.04. The van der Waals surface area contributed by atoms with E-state index in [1.54, 1.807) is 21.0 Å². The fourth-order valence-corrected chi connectivity index (χ4v) is 2.04. The van der Waals surface area contributed by atoms with Crippen LogP contribution in [0, 0.1) is 5.41 Å². The summed E-state index contributed by atoms with van der Waals surface area (Å²) in [5.74, 6) is 0.329. The number of unbranched alkanes of at least 4 members (excludes halogenated alkanes) is 1. The van der Waals surface area contributed by atoms with E-state index in [4.69, 9.17) is 4.74 Å². The van der Waals surface area contributed by atoms with Crippen LogP contribution >= 0.6 is 0 Å². The maximum atomic E-state index is 12.2. The minimum Gasteiger partial charge on any atom is -0.497 e. The van der Waals surface area contributed by atoms with E-state index >= 15 is 0 Å². The molecule has 1 aromatic rings. The fraction of sp³-hybridized carbons (Fsp3) is 0.556. The maximum Gasteiger partial charge on any atom is 0.235 e. The van der Waals surface area contributed by atoms with E-state index in [0.717, 1.165) is 24.2 Å². The lowest BCUT2D eigenvalue weighted by atomic mass is 9.91. The van der Waals surface area contributed by atoms with Crippen molar-refractivity contribution in [1.82, 2.24) is 10.6 Å². The van der Waals surface area contributed by atoms with Gasteiger partial charge in [0.05, 0.1) is 7.11 Å². The van der Waals surface area contributed by atoms with Crippen LogP contribution in [0.4, 0.5) is 0 Å². The van der Waals surface area contributed by atoms with E-state index < -0.39 is 5.41 Å². The van der Waals surface area contributed by atoms with Crippen molar-refractivity contribution in [2.24, 2.45) is 5.41 Å². The molecule has 0 aliphatic rings. The standard InChI is InChI=1S/C18H28N2O3/c1-5-6-12-19-16(21)18(2,3)17(22)20-13-11-14-7-9-15(23-4)10-8-14/h7-10H,5-6,11-13H2,1-4H3,(H,19,21)(H,20,22). The topological polar surface area (TPSA) is 67.4 Å². The number of benzene rings is 1. The highest BCUT2D eigenvalue weighted by Gasteiger charge is 2.35. The van der Waals surface area contributed by atoms with Crippen LogP contribution in [0.1, 0.15) is 39.2 Å². The highest BCUT2D eigenvalue weighted by atomic mass is 16.5. The molecule has 5 nitrogen and oxygen atoms in total. The fourth-order valence-electron chi connectivity index (χ4n) is 2.04. The third kappa shape index (κ3) is 5.93. The molecule has 1 rings (SSSR count). The summed E-state index contributed by atoms with van der Waals surface area (Å²) in [6.45, 7) is 6.46. The zero-order valence-corrected chi connectivity index (χ0v) is 14.6. The third-order valence-corrected chi connectivity index (χ3v) is 3.81. The molecule has 0 fully saturated rings. The summed E-state index contributed by atoms with van der Waals surface area (Å²) in [5, 5.41) is 5.65. The average molecular weight is 320 g/mol. The molecule has 0 spiro atoms. The van der Waals surface area contributed by atoms with E-state index in [9.17, 15) is 9.59 Å². The molecule has 0 aliphatic carbocycles. The molecule has 0 aromatic heterocycles. The van der Waals surface area contributed by atoms with Crippen LogP contribution in [0.15, 0.2) is 24.3 Å². The third-order valence-electron chi connectivity index (χ3n) is 3.81. The van der Waals surface area contributed by atoms with Crippen LogP contribution in [0.25, 0.3) is 0 Å². The first kappa shape index (κ1) is 19.0. The van der Waals surface area contributed by atoms with Crippen molar-refractivity contribution in [3.8, 4) is 5.75 Å². The molecule has 0 atom stereocenters. The van der Waals surface area contributed by atoms with Gasteiger partial charge in [0.25, 0.3) is 0 Å². The summed E-state index contributed by atoms with van der Waals surface area (Å²) in [6.07, 6.45) is 2.64. The number of nitrogens with one attached hydrogen (secondary N) is 2.